The summed E-state index contributed by atoms with van der Waals surface area (Å²) in [7, 11) is -3.71. The molecule has 1 aliphatic heterocycles. The molecule has 2 aromatic rings. The van der Waals surface area contributed by atoms with E-state index in [0.717, 1.165) is 5.56 Å². The smallest absolute Gasteiger partial charge is 0.228 e. The van der Waals surface area contributed by atoms with Crippen molar-refractivity contribution in [1.29, 1.82) is 0 Å². The Morgan fingerprint density at radius 2 is 2.00 bits per heavy atom. The van der Waals surface area contributed by atoms with E-state index >= 15 is 0 Å². The summed E-state index contributed by atoms with van der Waals surface area (Å²) < 4.78 is 22.8. The number of anilines is 1. The molecule has 22 heavy (non-hydrogen) atoms. The third-order valence-corrected chi connectivity index (χ3v) is 4.83. The molecule has 3 N–H and O–H groups in total. The van der Waals surface area contributed by atoms with Crippen molar-refractivity contribution in [1.82, 2.24) is 15.2 Å². The first kappa shape index (κ1) is 14.7. The Bertz CT molecular complexity index is 812. The molecule has 1 aromatic carbocycles. The van der Waals surface area contributed by atoms with Gasteiger partial charge in [0.15, 0.2) is 5.82 Å². The van der Waals surface area contributed by atoms with Crippen LogP contribution in [0.5, 0.6) is 0 Å². The number of sulfonamides is 1. The largest absolute Gasteiger partial charge is 0.311 e. The Labute approximate surface area is 127 Å². The minimum atomic E-state index is -3.71. The van der Waals surface area contributed by atoms with Gasteiger partial charge in [-0.2, -0.15) is 5.10 Å². The predicted octanol–water partition coefficient (Wildman–Crippen LogP) is 0.174. The zero-order chi connectivity index (χ0) is 15.9. The second-order valence-electron chi connectivity index (χ2n) is 5.21. The Morgan fingerprint density at radius 3 is 2.50 bits per heavy atom. The number of hydrogen-bond donors (Lipinski definition) is 2. The van der Waals surface area contributed by atoms with E-state index in [9.17, 15) is 13.2 Å². The Balaban J connectivity index is 1.83. The Kier molecular flexibility index (Phi) is 3.45. The highest BCUT2D eigenvalue weighted by Gasteiger charge is 2.37. The molecule has 1 aliphatic rings. The Morgan fingerprint density at radius 1 is 1.32 bits per heavy atom. The second-order valence-corrected chi connectivity index (χ2v) is 7.06. The summed E-state index contributed by atoms with van der Waals surface area (Å²) in [5, 5.41) is 11.1. The van der Waals surface area contributed by atoms with Gasteiger partial charge in [-0.3, -0.25) is 9.89 Å². The first-order chi connectivity index (χ1) is 10.3. The van der Waals surface area contributed by atoms with Crippen molar-refractivity contribution in [2.24, 2.45) is 5.14 Å². The van der Waals surface area contributed by atoms with E-state index in [0.29, 0.717) is 17.3 Å². The summed E-state index contributed by atoms with van der Waals surface area (Å²) in [6.45, 7) is 1.89. The summed E-state index contributed by atoms with van der Waals surface area (Å²) >= 11 is 0. The number of rotatable bonds is 3. The highest BCUT2D eigenvalue weighted by molar-refractivity contribution is 7.89. The fourth-order valence-electron chi connectivity index (χ4n) is 2.41. The molecule has 116 valence electrons. The predicted molar refractivity (Wildman–Crippen MR) is 80.4 cm³/mol. The van der Waals surface area contributed by atoms with Crippen molar-refractivity contribution in [3.8, 4) is 11.4 Å². The average Bonchev–Trinajstić information content (AvgIpc) is 3.05. The standard InChI is InChI=1S/C13H15N5O3S/c1-8-15-13(17-16-8)9-2-4-10(5-3-9)18-7-11(6-12(18)19)22(14,20)21/h2-5,11H,6-7H2,1H3,(H2,14,20,21)(H,15,16,17). The minimum absolute atomic E-state index is 0.0801. The molecule has 1 amide bonds. The number of H-pyrrole nitrogens is 1. The maximum atomic E-state index is 12.0. The lowest BCUT2D eigenvalue weighted by atomic mass is 10.2. The molecule has 0 saturated carbocycles. The number of primary sulfonamides is 1. The molecular weight excluding hydrogens is 306 g/mol. The van der Waals surface area contributed by atoms with Gasteiger partial charge in [-0.25, -0.2) is 18.5 Å². The summed E-state index contributed by atoms with van der Waals surface area (Å²) in [5.41, 5.74) is 1.44. The highest BCUT2D eigenvalue weighted by Crippen LogP contribution is 2.26. The van der Waals surface area contributed by atoms with Crippen LogP contribution in [-0.4, -0.2) is 41.3 Å². The van der Waals surface area contributed by atoms with Gasteiger partial charge in [0.1, 0.15) is 11.1 Å². The first-order valence-corrected chi connectivity index (χ1v) is 8.27. The molecule has 3 rings (SSSR count). The van der Waals surface area contributed by atoms with Crippen LogP contribution in [0.15, 0.2) is 24.3 Å². The number of carbonyl (C=O) groups is 1. The van der Waals surface area contributed by atoms with Gasteiger partial charge in [0.25, 0.3) is 0 Å². The van der Waals surface area contributed by atoms with Crippen molar-refractivity contribution < 1.29 is 13.2 Å². The van der Waals surface area contributed by atoms with E-state index in [-0.39, 0.29) is 18.9 Å². The number of amides is 1. The number of aromatic amines is 1. The topological polar surface area (TPSA) is 122 Å². The van der Waals surface area contributed by atoms with E-state index in [1.54, 1.807) is 31.2 Å². The minimum Gasteiger partial charge on any atom is -0.311 e. The van der Waals surface area contributed by atoms with Gasteiger partial charge in [0.2, 0.25) is 15.9 Å². The van der Waals surface area contributed by atoms with Crippen LogP contribution < -0.4 is 10.0 Å². The summed E-state index contributed by atoms with van der Waals surface area (Å²) in [6.07, 6.45) is -0.0826. The number of benzene rings is 1. The van der Waals surface area contributed by atoms with Crippen LogP contribution in [0.1, 0.15) is 12.2 Å². The van der Waals surface area contributed by atoms with Crippen LogP contribution in [0.3, 0.4) is 0 Å². The number of carbonyl (C=O) groups excluding carboxylic acids is 1. The molecule has 1 saturated heterocycles. The maximum absolute atomic E-state index is 12.0. The molecule has 1 aromatic heterocycles. The summed E-state index contributed by atoms with van der Waals surface area (Å²) in [4.78, 5) is 17.6. The van der Waals surface area contributed by atoms with Crippen LogP contribution in [0.25, 0.3) is 11.4 Å². The highest BCUT2D eigenvalue weighted by atomic mass is 32.2. The number of aryl methyl sites for hydroxylation is 1. The third-order valence-electron chi connectivity index (χ3n) is 3.59. The van der Waals surface area contributed by atoms with Gasteiger partial charge >= 0.3 is 0 Å². The van der Waals surface area contributed by atoms with E-state index in [2.05, 4.69) is 15.2 Å². The van der Waals surface area contributed by atoms with Crippen molar-refractivity contribution in [3.05, 3.63) is 30.1 Å². The molecule has 1 unspecified atom stereocenters. The molecular formula is C13H15N5O3S. The zero-order valence-corrected chi connectivity index (χ0v) is 12.7. The molecule has 9 heteroatoms. The van der Waals surface area contributed by atoms with Crippen molar-refractivity contribution in [2.75, 3.05) is 11.4 Å². The van der Waals surface area contributed by atoms with E-state index in [1.165, 1.54) is 4.90 Å². The number of hydrogen-bond acceptors (Lipinski definition) is 5. The monoisotopic (exact) mass is 321 g/mol. The zero-order valence-electron chi connectivity index (χ0n) is 11.9. The molecule has 2 heterocycles. The number of aromatic nitrogens is 3. The van der Waals surface area contributed by atoms with Gasteiger partial charge in [-0.15, -0.1) is 0 Å². The molecule has 0 aliphatic carbocycles. The molecule has 0 bridgehead atoms. The fraction of sp³-hybridized carbons (Fsp3) is 0.308. The van der Waals surface area contributed by atoms with E-state index < -0.39 is 15.3 Å². The van der Waals surface area contributed by atoms with Crippen molar-refractivity contribution in [3.63, 3.8) is 0 Å². The fourth-order valence-corrected chi connectivity index (χ4v) is 3.14. The lowest BCUT2D eigenvalue weighted by Gasteiger charge is -2.16. The average molecular weight is 321 g/mol. The number of nitrogens with two attached hydrogens (primary N) is 1. The SMILES string of the molecule is Cc1nc(-c2ccc(N3CC(S(N)(=O)=O)CC3=O)cc2)n[nH]1. The lowest BCUT2D eigenvalue weighted by molar-refractivity contribution is -0.117. The first-order valence-electron chi connectivity index (χ1n) is 6.66. The molecule has 1 atom stereocenters. The van der Waals surface area contributed by atoms with Gasteiger partial charge < -0.3 is 4.90 Å². The molecule has 0 radical (unpaired) electrons. The van der Waals surface area contributed by atoms with Crippen LogP contribution in [-0.2, 0) is 14.8 Å². The van der Waals surface area contributed by atoms with E-state index in [4.69, 9.17) is 5.14 Å². The lowest BCUT2D eigenvalue weighted by Crippen LogP contribution is -2.32. The summed E-state index contributed by atoms with van der Waals surface area (Å²) in [5.74, 6) is 1.03. The number of nitrogens with zero attached hydrogens (tertiary/aromatic N) is 3. The van der Waals surface area contributed by atoms with Crippen LogP contribution in [0.2, 0.25) is 0 Å². The van der Waals surface area contributed by atoms with Crippen LogP contribution >= 0.6 is 0 Å². The van der Waals surface area contributed by atoms with E-state index in [1.807, 2.05) is 0 Å². The van der Waals surface area contributed by atoms with Gasteiger partial charge in [0, 0.05) is 24.2 Å². The van der Waals surface area contributed by atoms with Crippen LogP contribution in [0, 0.1) is 6.92 Å². The third kappa shape index (κ3) is 2.72. The summed E-state index contributed by atoms with van der Waals surface area (Å²) in [6, 6.07) is 7.06. The maximum Gasteiger partial charge on any atom is 0.228 e. The second kappa shape index (κ2) is 5.18. The molecule has 8 nitrogen and oxygen atoms in total. The molecule has 1 fully saturated rings. The van der Waals surface area contributed by atoms with Crippen molar-refractivity contribution >= 4 is 21.6 Å². The quantitative estimate of drug-likeness (QED) is 0.834. The van der Waals surface area contributed by atoms with Gasteiger partial charge in [-0.1, -0.05) is 0 Å². The Hall–Kier alpha value is -2.26. The number of nitrogens with one attached hydrogen (secondary N) is 1. The molecule has 0 spiro atoms. The van der Waals surface area contributed by atoms with Crippen LogP contribution in [0.4, 0.5) is 5.69 Å². The van der Waals surface area contributed by atoms with Gasteiger partial charge in [0.05, 0.1) is 0 Å². The van der Waals surface area contributed by atoms with Crippen molar-refractivity contribution in [2.45, 2.75) is 18.6 Å². The van der Waals surface area contributed by atoms with Gasteiger partial charge in [-0.05, 0) is 31.2 Å². The normalized spacial score (nSPS) is 18.9.